The van der Waals surface area contributed by atoms with Crippen LogP contribution in [0.25, 0.3) is 28.4 Å². The van der Waals surface area contributed by atoms with E-state index in [9.17, 15) is 9.18 Å². The highest BCUT2D eigenvalue weighted by Crippen LogP contribution is 2.31. The summed E-state index contributed by atoms with van der Waals surface area (Å²) in [6, 6.07) is 21.1. The highest BCUT2D eigenvalue weighted by molar-refractivity contribution is 5.78. The third-order valence-electron chi connectivity index (χ3n) is 7.27. The molecule has 1 saturated heterocycles. The van der Waals surface area contributed by atoms with Crippen molar-refractivity contribution in [1.82, 2.24) is 24.3 Å². The van der Waals surface area contributed by atoms with Gasteiger partial charge in [0, 0.05) is 30.9 Å². The first kappa shape index (κ1) is 27.8. The number of fused-ring (bicyclic) bond motifs is 1. The molecular formula is C32H27F2N7O2. The number of imidazole rings is 1. The molecule has 0 bridgehead atoms. The van der Waals surface area contributed by atoms with Crippen molar-refractivity contribution in [3.63, 3.8) is 0 Å². The zero-order valence-corrected chi connectivity index (χ0v) is 23.1. The third-order valence-corrected chi connectivity index (χ3v) is 7.27. The second-order valence-electron chi connectivity index (χ2n) is 10.2. The molecule has 0 aliphatic carbocycles. The summed E-state index contributed by atoms with van der Waals surface area (Å²) in [7, 11) is 0. The van der Waals surface area contributed by atoms with E-state index in [1.54, 1.807) is 29.2 Å². The number of nitrogens with zero attached hydrogens (tertiary/aromatic N) is 6. The van der Waals surface area contributed by atoms with Crippen molar-refractivity contribution in [2.24, 2.45) is 0 Å². The first-order chi connectivity index (χ1) is 21.0. The van der Waals surface area contributed by atoms with Crippen molar-refractivity contribution in [2.75, 3.05) is 18.4 Å². The number of likely N-dealkylation sites (tertiary alicyclic amines) is 1. The van der Waals surface area contributed by atoms with Gasteiger partial charge in [-0.1, -0.05) is 30.3 Å². The van der Waals surface area contributed by atoms with Gasteiger partial charge < -0.3 is 15.0 Å². The van der Waals surface area contributed by atoms with Gasteiger partial charge in [-0.3, -0.25) is 9.20 Å². The van der Waals surface area contributed by atoms with Gasteiger partial charge in [-0.25, -0.2) is 23.7 Å². The molecule has 9 nitrogen and oxygen atoms in total. The lowest BCUT2D eigenvalue weighted by molar-refractivity contribution is -0.131. The van der Waals surface area contributed by atoms with E-state index in [-0.39, 0.29) is 35.7 Å². The smallest absolute Gasteiger partial charge is 0.236 e. The summed E-state index contributed by atoms with van der Waals surface area (Å²) in [5.74, 6) is -0.682. The highest BCUT2D eigenvalue weighted by Gasteiger charge is 2.26. The number of piperidine rings is 1. The molecule has 216 valence electrons. The van der Waals surface area contributed by atoms with Crippen LogP contribution < -0.4 is 10.1 Å². The predicted octanol–water partition coefficient (Wildman–Crippen LogP) is 5.63. The van der Waals surface area contributed by atoms with Gasteiger partial charge in [0.2, 0.25) is 5.91 Å². The zero-order valence-electron chi connectivity index (χ0n) is 23.1. The number of benzene rings is 2. The van der Waals surface area contributed by atoms with Gasteiger partial charge in [-0.05, 0) is 54.8 Å². The average Bonchev–Trinajstić information content (AvgIpc) is 3.45. The van der Waals surface area contributed by atoms with Crippen LogP contribution in [0, 0.1) is 23.0 Å². The number of amides is 1. The molecule has 1 atom stereocenters. The van der Waals surface area contributed by atoms with Crippen molar-refractivity contribution in [3.05, 3.63) is 96.3 Å². The van der Waals surface area contributed by atoms with Crippen LogP contribution in [0.5, 0.6) is 5.75 Å². The van der Waals surface area contributed by atoms with Gasteiger partial charge in [0.25, 0.3) is 0 Å². The number of nitrogens with one attached hydrogen (secondary N) is 1. The van der Waals surface area contributed by atoms with Gasteiger partial charge in [0.1, 0.15) is 41.6 Å². The third kappa shape index (κ3) is 6.13. The molecule has 1 N–H and O–H groups in total. The fraction of sp³-hybridized carbons (Fsp3) is 0.219. The largest absolute Gasteiger partial charge is 0.489 e. The normalized spacial score (nSPS) is 14.8. The molecule has 11 heteroatoms. The SMILES string of the molecule is N#CCC(=O)N1CCCC(Nc2nc(-c3cnc4ccc(F)cn34)nc(-c3ccc(OCc4ccccc4)cc3)c2F)C1. The average molecular weight is 580 g/mol. The number of hydrogen-bond donors (Lipinski definition) is 1. The van der Waals surface area contributed by atoms with Crippen LogP contribution in [0.2, 0.25) is 0 Å². The molecule has 1 aliphatic heterocycles. The van der Waals surface area contributed by atoms with Gasteiger partial charge in [-0.2, -0.15) is 5.26 Å². The summed E-state index contributed by atoms with van der Waals surface area (Å²) in [5, 5.41) is 12.1. The van der Waals surface area contributed by atoms with Crippen LogP contribution >= 0.6 is 0 Å². The fourth-order valence-electron chi connectivity index (χ4n) is 5.11. The van der Waals surface area contributed by atoms with Crippen molar-refractivity contribution >= 4 is 17.4 Å². The quantitative estimate of drug-likeness (QED) is 0.254. The summed E-state index contributed by atoms with van der Waals surface area (Å²) in [4.78, 5) is 27.3. The molecule has 0 radical (unpaired) electrons. The monoisotopic (exact) mass is 579 g/mol. The minimum atomic E-state index is -0.665. The van der Waals surface area contributed by atoms with E-state index in [0.29, 0.717) is 55.2 Å². The van der Waals surface area contributed by atoms with Gasteiger partial charge in [0.15, 0.2) is 17.5 Å². The first-order valence-electron chi connectivity index (χ1n) is 13.9. The Morgan fingerprint density at radius 2 is 1.88 bits per heavy atom. The number of hydrogen-bond acceptors (Lipinski definition) is 7. The summed E-state index contributed by atoms with van der Waals surface area (Å²) < 4.78 is 37.7. The molecule has 0 saturated carbocycles. The van der Waals surface area contributed by atoms with Crippen LogP contribution in [0.15, 0.2) is 79.1 Å². The molecule has 1 aliphatic rings. The van der Waals surface area contributed by atoms with Crippen LogP contribution in [-0.2, 0) is 11.4 Å². The Morgan fingerprint density at radius 1 is 1.07 bits per heavy atom. The predicted molar refractivity (Wildman–Crippen MR) is 156 cm³/mol. The maximum Gasteiger partial charge on any atom is 0.236 e. The number of carbonyl (C=O) groups excluding carboxylic acids is 1. The topological polar surface area (TPSA) is 108 Å². The molecule has 3 aromatic heterocycles. The number of anilines is 1. The number of rotatable bonds is 8. The van der Waals surface area contributed by atoms with Gasteiger partial charge in [0.05, 0.1) is 12.3 Å². The van der Waals surface area contributed by atoms with E-state index < -0.39 is 11.6 Å². The fourth-order valence-corrected chi connectivity index (χ4v) is 5.11. The Kier molecular flexibility index (Phi) is 7.91. The van der Waals surface area contributed by atoms with Crippen molar-refractivity contribution in [2.45, 2.75) is 31.9 Å². The summed E-state index contributed by atoms with van der Waals surface area (Å²) >= 11 is 0. The number of nitriles is 1. The van der Waals surface area contributed by atoms with E-state index in [0.717, 1.165) is 5.56 Å². The second-order valence-corrected chi connectivity index (χ2v) is 10.2. The Labute approximate surface area is 246 Å². The number of aromatic nitrogens is 4. The molecule has 43 heavy (non-hydrogen) atoms. The minimum Gasteiger partial charge on any atom is -0.489 e. The number of carbonyl (C=O) groups is 1. The number of halogens is 2. The van der Waals surface area contributed by atoms with Gasteiger partial charge in [-0.15, -0.1) is 0 Å². The standard InChI is InChI=1S/C32H27F2N7O2/c33-23-10-13-27-36-17-26(41(27)18-23)31-38-30(22-8-11-25(12-9-22)43-20-21-5-2-1-3-6-21)29(34)32(39-31)37-24-7-4-16-40(19-24)28(42)14-15-35/h1-3,5-6,8-13,17-18,24H,4,7,14,16,19-20H2,(H,37,38,39). The van der Waals surface area contributed by atoms with Crippen LogP contribution in [0.3, 0.4) is 0 Å². The molecule has 6 rings (SSSR count). The lowest BCUT2D eigenvalue weighted by atomic mass is 10.0. The van der Waals surface area contributed by atoms with E-state index in [1.165, 1.54) is 28.9 Å². The van der Waals surface area contributed by atoms with Crippen molar-refractivity contribution in [3.8, 4) is 34.6 Å². The molecule has 0 spiro atoms. The maximum atomic E-state index is 16.1. The summed E-state index contributed by atoms with van der Waals surface area (Å²) in [5.41, 5.74) is 2.43. The van der Waals surface area contributed by atoms with E-state index in [1.807, 2.05) is 36.4 Å². The molecular weight excluding hydrogens is 552 g/mol. The van der Waals surface area contributed by atoms with Crippen LogP contribution in [0.1, 0.15) is 24.8 Å². The molecule has 1 unspecified atom stereocenters. The first-order valence-corrected chi connectivity index (χ1v) is 13.9. The Morgan fingerprint density at radius 3 is 2.67 bits per heavy atom. The molecule has 4 heterocycles. The minimum absolute atomic E-state index is 0.0432. The Bertz CT molecular complexity index is 1800. The second kappa shape index (κ2) is 12.2. The summed E-state index contributed by atoms with van der Waals surface area (Å²) in [6.07, 6.45) is 3.95. The maximum absolute atomic E-state index is 16.1. The lowest BCUT2D eigenvalue weighted by Gasteiger charge is -2.33. The van der Waals surface area contributed by atoms with E-state index >= 15 is 4.39 Å². The zero-order chi connectivity index (χ0) is 29.8. The van der Waals surface area contributed by atoms with Crippen LogP contribution in [0.4, 0.5) is 14.6 Å². The molecule has 1 fully saturated rings. The summed E-state index contributed by atoms with van der Waals surface area (Å²) in [6.45, 7) is 1.23. The molecule has 2 aromatic carbocycles. The Hall–Kier alpha value is -5.37. The Balaban J connectivity index is 1.34. The number of ether oxygens (including phenoxy) is 1. The van der Waals surface area contributed by atoms with E-state index in [2.05, 4.69) is 20.3 Å². The lowest BCUT2D eigenvalue weighted by Crippen LogP contribution is -2.45. The number of pyridine rings is 1. The highest BCUT2D eigenvalue weighted by atomic mass is 19.1. The van der Waals surface area contributed by atoms with E-state index in [4.69, 9.17) is 10.00 Å². The van der Waals surface area contributed by atoms with Crippen LogP contribution in [-0.4, -0.2) is 49.3 Å². The molecule has 1 amide bonds. The van der Waals surface area contributed by atoms with Crippen molar-refractivity contribution in [1.29, 1.82) is 5.26 Å². The molecule has 5 aromatic rings. The van der Waals surface area contributed by atoms with Gasteiger partial charge >= 0.3 is 0 Å². The van der Waals surface area contributed by atoms with Crippen molar-refractivity contribution < 1.29 is 18.3 Å².